The van der Waals surface area contributed by atoms with Gasteiger partial charge in [0.2, 0.25) is 0 Å². The molecule has 0 aromatic heterocycles. The van der Waals surface area contributed by atoms with Crippen LogP contribution in [0.4, 0.5) is 10.5 Å². The minimum absolute atomic E-state index is 0.231. The predicted octanol–water partition coefficient (Wildman–Crippen LogP) is 4.18. The van der Waals surface area contributed by atoms with Crippen LogP contribution in [0.2, 0.25) is 5.02 Å². The lowest BCUT2D eigenvalue weighted by Crippen LogP contribution is -2.35. The molecule has 0 spiro atoms. The topological polar surface area (TPSA) is 53.6 Å². The summed E-state index contributed by atoms with van der Waals surface area (Å²) in [6, 6.07) is 14.9. The number of amides is 2. The smallest absolute Gasteiger partial charge is 0.319 e. The van der Waals surface area contributed by atoms with Crippen LogP contribution >= 0.6 is 11.6 Å². The monoisotopic (exact) mass is 387 g/mol. The molecular weight excluding hydrogens is 362 g/mol. The van der Waals surface area contributed by atoms with Gasteiger partial charge in [-0.1, -0.05) is 29.8 Å². The maximum Gasteiger partial charge on any atom is 0.319 e. The molecule has 2 aromatic carbocycles. The number of benzene rings is 2. The second-order valence-corrected chi connectivity index (χ2v) is 7.27. The predicted molar refractivity (Wildman–Crippen MR) is 110 cm³/mol. The highest BCUT2D eigenvalue weighted by molar-refractivity contribution is 6.31. The fraction of sp³-hybridized carbons (Fsp3) is 0.381. The van der Waals surface area contributed by atoms with E-state index in [1.54, 1.807) is 0 Å². The summed E-state index contributed by atoms with van der Waals surface area (Å²) in [6.07, 6.45) is 3.05. The van der Waals surface area contributed by atoms with E-state index in [1.165, 1.54) is 0 Å². The normalized spacial score (nSPS) is 15.3. The lowest BCUT2D eigenvalue weighted by molar-refractivity contribution is 0.114. The Balaban J connectivity index is 1.41. The first-order valence-electron chi connectivity index (χ1n) is 9.33. The summed E-state index contributed by atoms with van der Waals surface area (Å²) in [4.78, 5) is 14.3. The molecule has 1 saturated heterocycles. The summed E-state index contributed by atoms with van der Waals surface area (Å²) < 4.78 is 6.02. The van der Waals surface area contributed by atoms with E-state index in [0.29, 0.717) is 13.0 Å². The van der Waals surface area contributed by atoms with Crippen LogP contribution in [0.15, 0.2) is 48.5 Å². The van der Waals surface area contributed by atoms with Crippen molar-refractivity contribution in [2.24, 2.45) is 0 Å². The molecular formula is C21H26ClN3O2. The zero-order chi connectivity index (χ0) is 19.1. The van der Waals surface area contributed by atoms with Crippen LogP contribution in [0.5, 0.6) is 5.75 Å². The third-order valence-electron chi connectivity index (χ3n) is 4.72. The zero-order valence-electron chi connectivity index (χ0n) is 15.6. The van der Waals surface area contributed by atoms with Crippen molar-refractivity contribution in [2.75, 3.05) is 32.0 Å². The highest BCUT2D eigenvalue weighted by Crippen LogP contribution is 2.21. The van der Waals surface area contributed by atoms with Gasteiger partial charge in [0.1, 0.15) is 11.9 Å². The van der Waals surface area contributed by atoms with E-state index in [0.717, 1.165) is 48.0 Å². The Labute approximate surface area is 165 Å². The van der Waals surface area contributed by atoms with E-state index in [9.17, 15) is 4.79 Å². The number of carbonyl (C=O) groups is 1. The number of urea groups is 1. The lowest BCUT2D eigenvalue weighted by Gasteiger charge is -2.29. The number of carbonyl (C=O) groups excluding carboxylic acids is 1. The molecule has 0 bridgehead atoms. The molecule has 144 valence electrons. The van der Waals surface area contributed by atoms with Gasteiger partial charge in [-0.15, -0.1) is 0 Å². The fourth-order valence-electron chi connectivity index (χ4n) is 3.10. The Hall–Kier alpha value is -2.24. The average molecular weight is 388 g/mol. The van der Waals surface area contributed by atoms with E-state index in [4.69, 9.17) is 16.3 Å². The van der Waals surface area contributed by atoms with E-state index in [2.05, 4.69) is 22.6 Å². The Morgan fingerprint density at radius 2 is 1.85 bits per heavy atom. The molecule has 3 rings (SSSR count). The van der Waals surface area contributed by atoms with Gasteiger partial charge in [0.15, 0.2) is 0 Å². The van der Waals surface area contributed by atoms with Crippen molar-refractivity contribution in [1.29, 1.82) is 0 Å². The lowest BCUT2D eigenvalue weighted by atomic mass is 10.1. The van der Waals surface area contributed by atoms with E-state index in [-0.39, 0.29) is 12.1 Å². The summed E-state index contributed by atoms with van der Waals surface area (Å²) in [6.45, 7) is 2.66. The third-order valence-corrected chi connectivity index (χ3v) is 5.09. The summed E-state index contributed by atoms with van der Waals surface area (Å²) in [5.74, 6) is 0.842. The van der Waals surface area contributed by atoms with Crippen molar-refractivity contribution >= 4 is 23.3 Å². The van der Waals surface area contributed by atoms with Gasteiger partial charge < -0.3 is 20.3 Å². The largest absolute Gasteiger partial charge is 0.490 e. The van der Waals surface area contributed by atoms with Gasteiger partial charge in [-0.2, -0.15) is 0 Å². The van der Waals surface area contributed by atoms with Gasteiger partial charge in [-0.25, -0.2) is 4.79 Å². The molecule has 0 atom stereocenters. The van der Waals surface area contributed by atoms with Crippen LogP contribution in [-0.4, -0.2) is 43.7 Å². The summed E-state index contributed by atoms with van der Waals surface area (Å²) in [5, 5.41) is 6.40. The second kappa shape index (κ2) is 9.62. The fourth-order valence-corrected chi connectivity index (χ4v) is 3.33. The summed E-state index contributed by atoms with van der Waals surface area (Å²) in [5.41, 5.74) is 1.76. The minimum atomic E-state index is -0.231. The van der Waals surface area contributed by atoms with Crippen molar-refractivity contribution in [3.05, 3.63) is 59.1 Å². The molecule has 1 heterocycles. The number of likely N-dealkylation sites (tertiary alicyclic amines) is 1. The number of piperidine rings is 1. The molecule has 0 saturated carbocycles. The molecule has 6 heteroatoms. The number of nitrogens with zero attached hydrogens (tertiary/aromatic N) is 1. The van der Waals surface area contributed by atoms with Gasteiger partial charge >= 0.3 is 6.03 Å². The Kier molecular flexibility index (Phi) is 6.96. The number of hydrogen-bond acceptors (Lipinski definition) is 3. The van der Waals surface area contributed by atoms with Crippen LogP contribution in [0.3, 0.4) is 0 Å². The van der Waals surface area contributed by atoms with E-state index < -0.39 is 0 Å². The van der Waals surface area contributed by atoms with Gasteiger partial charge in [0.05, 0.1) is 0 Å². The number of ether oxygens (including phenoxy) is 1. The molecule has 2 aromatic rings. The highest BCUT2D eigenvalue weighted by Gasteiger charge is 2.17. The first kappa shape index (κ1) is 19.5. The maximum atomic E-state index is 12.0. The van der Waals surface area contributed by atoms with Gasteiger partial charge in [-0.05, 0) is 62.2 Å². The zero-order valence-corrected chi connectivity index (χ0v) is 16.3. The van der Waals surface area contributed by atoms with Gasteiger partial charge in [0.25, 0.3) is 0 Å². The number of nitrogens with one attached hydrogen (secondary N) is 2. The first-order valence-corrected chi connectivity index (χ1v) is 9.71. The van der Waals surface area contributed by atoms with Crippen molar-refractivity contribution in [2.45, 2.75) is 25.4 Å². The Bertz CT molecular complexity index is 743. The molecule has 1 fully saturated rings. The Morgan fingerprint density at radius 1 is 1.15 bits per heavy atom. The van der Waals surface area contributed by atoms with Crippen molar-refractivity contribution < 1.29 is 9.53 Å². The first-order chi connectivity index (χ1) is 13.1. The molecule has 0 aliphatic carbocycles. The molecule has 2 N–H and O–H groups in total. The molecule has 0 unspecified atom stereocenters. The quantitative estimate of drug-likeness (QED) is 0.781. The average Bonchev–Trinajstić information content (AvgIpc) is 2.67. The molecule has 5 nitrogen and oxygen atoms in total. The molecule has 2 amide bonds. The van der Waals surface area contributed by atoms with Gasteiger partial charge in [0, 0.05) is 30.3 Å². The molecule has 1 aliphatic heterocycles. The Morgan fingerprint density at radius 3 is 2.56 bits per heavy atom. The summed E-state index contributed by atoms with van der Waals surface area (Å²) in [7, 11) is 2.14. The van der Waals surface area contributed by atoms with Crippen LogP contribution < -0.4 is 15.4 Å². The van der Waals surface area contributed by atoms with Crippen molar-refractivity contribution in [1.82, 2.24) is 10.2 Å². The number of anilines is 1. The molecule has 1 aliphatic rings. The number of halogens is 1. The standard InChI is InChI=1S/C21H26ClN3O2/c1-25-14-11-19(12-15-25)27-18-8-6-17(7-9-18)24-21(26)23-13-10-16-4-2-3-5-20(16)22/h2-9,19H,10-15H2,1H3,(H2,23,24,26). The third kappa shape index (κ3) is 6.15. The van der Waals surface area contributed by atoms with Crippen molar-refractivity contribution in [3.8, 4) is 5.75 Å². The van der Waals surface area contributed by atoms with Crippen LogP contribution in [-0.2, 0) is 6.42 Å². The van der Waals surface area contributed by atoms with E-state index >= 15 is 0 Å². The molecule has 27 heavy (non-hydrogen) atoms. The van der Waals surface area contributed by atoms with Crippen LogP contribution in [0.25, 0.3) is 0 Å². The van der Waals surface area contributed by atoms with E-state index in [1.807, 2.05) is 48.5 Å². The summed E-state index contributed by atoms with van der Waals surface area (Å²) >= 11 is 6.12. The number of rotatable bonds is 6. The minimum Gasteiger partial charge on any atom is -0.490 e. The number of hydrogen-bond donors (Lipinski definition) is 2. The van der Waals surface area contributed by atoms with Crippen LogP contribution in [0, 0.1) is 0 Å². The highest BCUT2D eigenvalue weighted by atomic mass is 35.5. The maximum absolute atomic E-state index is 12.0. The van der Waals surface area contributed by atoms with Crippen molar-refractivity contribution in [3.63, 3.8) is 0 Å². The SMILES string of the molecule is CN1CCC(Oc2ccc(NC(=O)NCCc3ccccc3Cl)cc2)CC1. The molecule has 0 radical (unpaired) electrons. The second-order valence-electron chi connectivity index (χ2n) is 6.87. The van der Waals surface area contributed by atoms with Gasteiger partial charge in [-0.3, -0.25) is 0 Å². The van der Waals surface area contributed by atoms with Crippen LogP contribution in [0.1, 0.15) is 18.4 Å².